The first kappa shape index (κ1) is 16.3. The number of rotatable bonds is 4. The molecule has 2 nitrogen and oxygen atoms in total. The Morgan fingerprint density at radius 1 is 1.33 bits per heavy atom. The minimum absolute atomic E-state index is 0.0810. The summed E-state index contributed by atoms with van der Waals surface area (Å²) in [5.74, 6) is -0.819. The average molecular weight is 313 g/mol. The number of thioether (sulfide) groups is 1. The molecule has 2 rings (SSSR count). The molecule has 0 unspecified atom stereocenters. The van der Waals surface area contributed by atoms with Crippen molar-refractivity contribution in [3.8, 4) is 0 Å². The van der Waals surface area contributed by atoms with Crippen LogP contribution in [0.4, 0.5) is 8.78 Å². The smallest absolute Gasteiger partial charge is 0.233 e. The summed E-state index contributed by atoms with van der Waals surface area (Å²) in [7, 11) is 0. The number of nitrogens with one attached hydrogen (secondary N) is 1. The van der Waals surface area contributed by atoms with E-state index in [2.05, 4.69) is 12.2 Å². The highest BCUT2D eigenvalue weighted by Crippen LogP contribution is 2.28. The molecular formula is C16H21F2NOS. The fraction of sp³-hybridized carbons (Fsp3) is 0.562. The normalized spacial score (nSPS) is 23.6. The molecule has 5 heteroatoms. The van der Waals surface area contributed by atoms with Crippen LogP contribution in [0.15, 0.2) is 23.1 Å². The minimum Gasteiger partial charge on any atom is -0.352 e. The van der Waals surface area contributed by atoms with Crippen LogP contribution in [0, 0.1) is 17.6 Å². The SMILES string of the molecule is C[C@@H]1CCCC[C@H]1NC(=O)[C@@H](C)Sc1ccc(F)cc1F. The van der Waals surface area contributed by atoms with Crippen molar-refractivity contribution in [2.24, 2.45) is 5.92 Å². The molecular weight excluding hydrogens is 292 g/mol. The molecule has 1 aliphatic rings. The Kier molecular flexibility index (Phi) is 5.62. The topological polar surface area (TPSA) is 29.1 Å². The van der Waals surface area contributed by atoms with Crippen molar-refractivity contribution >= 4 is 17.7 Å². The van der Waals surface area contributed by atoms with E-state index < -0.39 is 16.9 Å². The first-order chi connectivity index (χ1) is 9.97. The predicted octanol–water partition coefficient (Wildman–Crippen LogP) is 4.14. The maximum atomic E-state index is 13.6. The second-order valence-electron chi connectivity index (χ2n) is 5.71. The van der Waals surface area contributed by atoms with Crippen molar-refractivity contribution in [2.75, 3.05) is 0 Å². The van der Waals surface area contributed by atoms with Gasteiger partial charge in [-0.2, -0.15) is 0 Å². The number of halogens is 2. The van der Waals surface area contributed by atoms with Gasteiger partial charge in [-0.05, 0) is 37.8 Å². The maximum absolute atomic E-state index is 13.6. The number of carbonyl (C=O) groups excluding carboxylic acids is 1. The number of amides is 1. The Morgan fingerprint density at radius 3 is 2.71 bits per heavy atom. The molecule has 1 saturated carbocycles. The van der Waals surface area contributed by atoms with Crippen LogP contribution in [-0.2, 0) is 4.79 Å². The lowest BCUT2D eigenvalue weighted by atomic mass is 9.86. The molecule has 1 fully saturated rings. The fourth-order valence-corrected chi connectivity index (χ4v) is 3.52. The van der Waals surface area contributed by atoms with E-state index in [0.29, 0.717) is 10.8 Å². The maximum Gasteiger partial charge on any atom is 0.233 e. The molecule has 0 heterocycles. The van der Waals surface area contributed by atoms with Crippen molar-refractivity contribution in [1.29, 1.82) is 0 Å². The quantitative estimate of drug-likeness (QED) is 0.846. The lowest BCUT2D eigenvalue weighted by Crippen LogP contribution is -2.44. The molecule has 21 heavy (non-hydrogen) atoms. The van der Waals surface area contributed by atoms with Gasteiger partial charge in [0.1, 0.15) is 11.6 Å². The summed E-state index contributed by atoms with van der Waals surface area (Å²) in [6.45, 7) is 3.90. The number of benzene rings is 1. The summed E-state index contributed by atoms with van der Waals surface area (Å²) in [6.07, 6.45) is 4.51. The van der Waals surface area contributed by atoms with E-state index in [1.807, 2.05) is 0 Å². The van der Waals surface area contributed by atoms with Crippen LogP contribution in [0.2, 0.25) is 0 Å². The Bertz CT molecular complexity index is 509. The molecule has 3 atom stereocenters. The van der Waals surface area contributed by atoms with Gasteiger partial charge in [0, 0.05) is 17.0 Å². The first-order valence-corrected chi connectivity index (χ1v) is 8.27. The van der Waals surface area contributed by atoms with Crippen LogP contribution >= 0.6 is 11.8 Å². The molecule has 0 aliphatic heterocycles. The van der Waals surface area contributed by atoms with E-state index in [9.17, 15) is 13.6 Å². The zero-order chi connectivity index (χ0) is 15.4. The molecule has 116 valence electrons. The van der Waals surface area contributed by atoms with Gasteiger partial charge in [0.25, 0.3) is 0 Å². The van der Waals surface area contributed by atoms with Crippen molar-refractivity contribution in [2.45, 2.75) is 55.7 Å². The fourth-order valence-electron chi connectivity index (χ4n) is 2.65. The van der Waals surface area contributed by atoms with Crippen LogP contribution in [0.5, 0.6) is 0 Å². The first-order valence-electron chi connectivity index (χ1n) is 7.39. The molecule has 1 aliphatic carbocycles. The standard InChI is InChI=1S/C16H21F2NOS/c1-10-5-3-4-6-14(10)19-16(20)11(2)21-15-8-7-12(17)9-13(15)18/h7-11,14H,3-6H2,1-2H3,(H,19,20)/t10-,11-,14-/m1/s1. The Balaban J connectivity index is 1.92. The van der Waals surface area contributed by atoms with E-state index in [1.165, 1.54) is 18.6 Å². The van der Waals surface area contributed by atoms with Gasteiger partial charge in [0.15, 0.2) is 0 Å². The highest BCUT2D eigenvalue weighted by molar-refractivity contribution is 8.00. The summed E-state index contributed by atoms with van der Waals surface area (Å²) < 4.78 is 26.5. The lowest BCUT2D eigenvalue weighted by molar-refractivity contribution is -0.121. The average Bonchev–Trinajstić information content (AvgIpc) is 2.44. The molecule has 1 aromatic rings. The van der Waals surface area contributed by atoms with Crippen molar-refractivity contribution in [3.63, 3.8) is 0 Å². The molecule has 1 amide bonds. The molecule has 1 aromatic carbocycles. The molecule has 0 saturated heterocycles. The third-order valence-electron chi connectivity index (χ3n) is 4.01. The van der Waals surface area contributed by atoms with Crippen molar-refractivity contribution < 1.29 is 13.6 Å². The largest absolute Gasteiger partial charge is 0.352 e. The molecule has 0 spiro atoms. The molecule has 0 aromatic heterocycles. The highest BCUT2D eigenvalue weighted by Gasteiger charge is 2.25. The van der Waals surface area contributed by atoms with Crippen LogP contribution < -0.4 is 5.32 Å². The van der Waals surface area contributed by atoms with E-state index in [0.717, 1.165) is 37.1 Å². The van der Waals surface area contributed by atoms with Gasteiger partial charge in [0.05, 0.1) is 5.25 Å². The third-order valence-corrected chi connectivity index (χ3v) is 5.16. The van der Waals surface area contributed by atoms with E-state index >= 15 is 0 Å². The van der Waals surface area contributed by atoms with Crippen LogP contribution in [0.25, 0.3) is 0 Å². The Labute approximate surface area is 128 Å². The second-order valence-corrected chi connectivity index (χ2v) is 7.09. The predicted molar refractivity (Wildman–Crippen MR) is 81.2 cm³/mol. The van der Waals surface area contributed by atoms with E-state index in [1.54, 1.807) is 6.92 Å². The van der Waals surface area contributed by atoms with Gasteiger partial charge < -0.3 is 5.32 Å². The summed E-state index contributed by atoms with van der Waals surface area (Å²) >= 11 is 1.12. The minimum atomic E-state index is -0.620. The third kappa shape index (κ3) is 4.43. The van der Waals surface area contributed by atoms with E-state index in [-0.39, 0.29) is 11.9 Å². The number of hydrogen-bond donors (Lipinski definition) is 1. The van der Waals surface area contributed by atoms with Crippen LogP contribution in [0.3, 0.4) is 0 Å². The van der Waals surface area contributed by atoms with Gasteiger partial charge in [0.2, 0.25) is 5.91 Å². The monoisotopic (exact) mass is 313 g/mol. The van der Waals surface area contributed by atoms with Crippen LogP contribution in [0.1, 0.15) is 39.5 Å². The molecule has 1 N–H and O–H groups in total. The lowest BCUT2D eigenvalue weighted by Gasteiger charge is -2.30. The van der Waals surface area contributed by atoms with Crippen molar-refractivity contribution in [1.82, 2.24) is 5.32 Å². The second kappa shape index (κ2) is 7.25. The zero-order valence-electron chi connectivity index (χ0n) is 12.4. The molecule has 0 radical (unpaired) electrons. The van der Waals surface area contributed by atoms with Gasteiger partial charge >= 0.3 is 0 Å². The highest BCUT2D eigenvalue weighted by atomic mass is 32.2. The Hall–Kier alpha value is -1.10. The summed E-state index contributed by atoms with van der Waals surface area (Å²) in [5, 5.41) is 2.66. The van der Waals surface area contributed by atoms with Crippen molar-refractivity contribution in [3.05, 3.63) is 29.8 Å². The summed E-state index contributed by atoms with van der Waals surface area (Å²) in [4.78, 5) is 12.5. The molecule has 0 bridgehead atoms. The Morgan fingerprint density at radius 2 is 2.05 bits per heavy atom. The van der Waals surface area contributed by atoms with Gasteiger partial charge in [-0.15, -0.1) is 11.8 Å². The number of hydrogen-bond acceptors (Lipinski definition) is 2. The van der Waals surface area contributed by atoms with Gasteiger partial charge in [-0.1, -0.05) is 19.8 Å². The zero-order valence-corrected chi connectivity index (χ0v) is 13.2. The van der Waals surface area contributed by atoms with Gasteiger partial charge in [-0.3, -0.25) is 4.79 Å². The number of carbonyl (C=O) groups is 1. The van der Waals surface area contributed by atoms with Crippen LogP contribution in [-0.4, -0.2) is 17.2 Å². The summed E-state index contributed by atoms with van der Waals surface area (Å²) in [5.41, 5.74) is 0. The summed E-state index contributed by atoms with van der Waals surface area (Å²) in [6, 6.07) is 3.64. The van der Waals surface area contributed by atoms with Gasteiger partial charge in [-0.25, -0.2) is 8.78 Å². The van der Waals surface area contributed by atoms with E-state index in [4.69, 9.17) is 0 Å².